The standard InChI is InChI=1S/C21H14FN5O4.C14H5F2N3O3.C7H10N2O.C4H8O.CH4/c1-11-6-17(25-26-21(11)28)12(2)16-4-5-18(27(29)30)20(19(16)22)31-15-8-13(10-23)7-14(9-15)24-3;1-18-9-4-8(7-17)5-10(6-9)22-14-12(19(20)21)3-2-11(15)13(14)16;1-3-6-4-5(2)7(10)9-8-6;1-2-4-5-3-1;/h4-9,12H,1-2H3,(H,26,28);2-6H;4H,3H2,1-2H3,(H,9,10);1-4H2;1H4. The van der Waals surface area contributed by atoms with E-state index in [4.69, 9.17) is 37.9 Å². The van der Waals surface area contributed by atoms with Crippen LogP contribution in [0.3, 0.4) is 0 Å². The SMILES string of the molecule is C.C1CCOC1.CCc1cc(C)c(=O)[nH]n1.[C-]#[N+]c1cc(C#N)cc(Oc2c([N+](=O)[O-])ccc(C(C)c3cc(C)c(=O)[nH]n3)c2F)c1.[C-]#[N+]c1cc(C#N)cc(Oc2c([N+](=O)[O-])ccc(F)c2F)c1. The first-order chi connectivity index (χ1) is 32.4. The summed E-state index contributed by atoms with van der Waals surface area (Å²) in [5.74, 6) is -6.34. The van der Waals surface area contributed by atoms with Crippen LogP contribution in [-0.2, 0) is 11.2 Å². The number of nitro benzene ring substituents is 2. The van der Waals surface area contributed by atoms with Crippen molar-refractivity contribution in [2.24, 2.45) is 0 Å². The van der Waals surface area contributed by atoms with E-state index >= 15 is 4.39 Å². The fourth-order valence-electron chi connectivity index (χ4n) is 5.83. The number of aromatic amines is 2. The molecule has 1 aliphatic heterocycles. The maximum absolute atomic E-state index is 15.4. The predicted molar refractivity (Wildman–Crippen MR) is 244 cm³/mol. The highest BCUT2D eigenvalue weighted by molar-refractivity contribution is 5.59. The number of benzene rings is 4. The molecule has 19 nitrogen and oxygen atoms in total. The molecule has 6 aromatic rings. The lowest BCUT2D eigenvalue weighted by atomic mass is 9.95. The van der Waals surface area contributed by atoms with Crippen LogP contribution in [0.4, 0.5) is 35.9 Å². The Morgan fingerprint density at radius 3 is 1.67 bits per heavy atom. The maximum atomic E-state index is 15.4. The van der Waals surface area contributed by atoms with Crippen LogP contribution in [0.1, 0.15) is 79.2 Å². The summed E-state index contributed by atoms with van der Waals surface area (Å²) in [6.07, 6.45) is 3.41. The van der Waals surface area contributed by atoms with Crippen molar-refractivity contribution in [1.29, 1.82) is 10.5 Å². The summed E-state index contributed by atoms with van der Waals surface area (Å²) in [5, 5.41) is 52.7. The average Bonchev–Trinajstić information content (AvgIpc) is 3.93. The lowest BCUT2D eigenvalue weighted by Crippen LogP contribution is -2.15. The molecule has 0 amide bonds. The first-order valence-corrected chi connectivity index (χ1v) is 19.9. The highest BCUT2D eigenvalue weighted by atomic mass is 19.2. The van der Waals surface area contributed by atoms with Crippen molar-refractivity contribution in [2.75, 3.05) is 13.2 Å². The Bertz CT molecular complexity index is 3080. The van der Waals surface area contributed by atoms with Gasteiger partial charge in [-0.3, -0.25) is 29.8 Å². The lowest BCUT2D eigenvalue weighted by molar-refractivity contribution is -0.386. The zero-order valence-electron chi connectivity index (χ0n) is 36.4. The molecule has 4 aromatic carbocycles. The van der Waals surface area contributed by atoms with Gasteiger partial charge in [0, 0.05) is 59.1 Å². The third kappa shape index (κ3) is 14.6. The van der Waals surface area contributed by atoms with Crippen molar-refractivity contribution < 1.29 is 37.2 Å². The van der Waals surface area contributed by atoms with Gasteiger partial charge >= 0.3 is 11.4 Å². The van der Waals surface area contributed by atoms with Gasteiger partial charge in [0.1, 0.15) is 11.5 Å². The number of hydrogen-bond donors (Lipinski definition) is 2. The molecule has 0 bridgehead atoms. The number of nitriles is 2. The van der Waals surface area contributed by atoms with Gasteiger partial charge in [-0.05, 0) is 93.8 Å². The zero-order valence-corrected chi connectivity index (χ0v) is 36.4. The summed E-state index contributed by atoms with van der Waals surface area (Å²) in [6, 6.07) is 18.0. The van der Waals surface area contributed by atoms with Crippen molar-refractivity contribution in [3.8, 4) is 35.1 Å². The van der Waals surface area contributed by atoms with Crippen LogP contribution in [0.5, 0.6) is 23.0 Å². The molecule has 1 aliphatic rings. The van der Waals surface area contributed by atoms with Gasteiger partial charge in [0.15, 0.2) is 23.0 Å². The molecule has 0 aliphatic carbocycles. The average molecular weight is 947 g/mol. The number of ether oxygens (including phenoxy) is 3. The number of H-pyrrole nitrogens is 2. The topological polar surface area (TPSA) is 262 Å². The second-order valence-corrected chi connectivity index (χ2v) is 14.2. The largest absolute Gasteiger partial charge is 0.448 e. The van der Waals surface area contributed by atoms with E-state index in [2.05, 4.69) is 30.1 Å². The van der Waals surface area contributed by atoms with E-state index in [1.54, 1.807) is 32.9 Å². The van der Waals surface area contributed by atoms with Crippen molar-refractivity contribution in [1.82, 2.24) is 20.4 Å². The highest BCUT2D eigenvalue weighted by Gasteiger charge is 2.28. The van der Waals surface area contributed by atoms with Crippen LogP contribution in [0.25, 0.3) is 9.69 Å². The second-order valence-electron chi connectivity index (χ2n) is 14.2. The van der Waals surface area contributed by atoms with E-state index in [9.17, 15) is 38.6 Å². The van der Waals surface area contributed by atoms with E-state index in [1.807, 2.05) is 13.0 Å². The second kappa shape index (κ2) is 25.4. The third-order valence-electron chi connectivity index (χ3n) is 9.42. The quantitative estimate of drug-likeness (QED) is 0.0777. The van der Waals surface area contributed by atoms with Gasteiger partial charge < -0.3 is 14.2 Å². The molecule has 354 valence electrons. The summed E-state index contributed by atoms with van der Waals surface area (Å²) >= 11 is 0. The number of aromatic nitrogens is 4. The van der Waals surface area contributed by atoms with Gasteiger partial charge in [-0.25, -0.2) is 28.7 Å². The molecule has 1 fully saturated rings. The summed E-state index contributed by atoms with van der Waals surface area (Å²) < 4.78 is 57.8. The Hall–Kier alpha value is -9.25. The van der Waals surface area contributed by atoms with Crippen LogP contribution in [-0.4, -0.2) is 43.5 Å². The van der Waals surface area contributed by atoms with Gasteiger partial charge in [-0.15, -0.1) is 0 Å². The first kappa shape index (κ1) is 54.1. The lowest BCUT2D eigenvalue weighted by Gasteiger charge is -2.15. The molecule has 1 saturated heterocycles. The number of hydrogen-bond acceptors (Lipinski definition) is 13. The Morgan fingerprint density at radius 1 is 0.768 bits per heavy atom. The highest BCUT2D eigenvalue weighted by Crippen LogP contribution is 2.40. The Kier molecular flexibility index (Phi) is 19.9. The molecule has 0 radical (unpaired) electrons. The van der Waals surface area contributed by atoms with Crippen molar-refractivity contribution in [3.63, 3.8) is 0 Å². The predicted octanol–water partition coefficient (Wildman–Crippen LogP) is 10.7. The monoisotopic (exact) mass is 946 g/mol. The molecular formula is C47H41F3N10O9. The van der Waals surface area contributed by atoms with Crippen LogP contribution >= 0.6 is 0 Å². The minimum Gasteiger partial charge on any atom is -0.448 e. The minimum atomic E-state index is -1.53. The fraction of sp³-hybridized carbons (Fsp3) is 0.234. The summed E-state index contributed by atoms with van der Waals surface area (Å²) in [4.78, 5) is 49.2. The zero-order chi connectivity index (χ0) is 50.1. The van der Waals surface area contributed by atoms with Crippen LogP contribution in [0, 0.1) is 87.3 Å². The van der Waals surface area contributed by atoms with Gasteiger partial charge in [0.05, 0.1) is 46.5 Å². The molecule has 7 rings (SSSR count). The maximum Gasteiger partial charge on any atom is 0.314 e. The number of nitro groups is 2. The molecule has 3 heterocycles. The van der Waals surface area contributed by atoms with Crippen molar-refractivity contribution in [3.05, 3.63) is 193 Å². The molecule has 2 aromatic heterocycles. The van der Waals surface area contributed by atoms with Gasteiger partial charge in [0.2, 0.25) is 17.3 Å². The smallest absolute Gasteiger partial charge is 0.314 e. The van der Waals surface area contributed by atoms with Crippen LogP contribution in [0.15, 0.2) is 82.4 Å². The molecule has 0 spiro atoms. The molecule has 0 saturated carbocycles. The van der Waals surface area contributed by atoms with Gasteiger partial charge in [0.25, 0.3) is 11.1 Å². The van der Waals surface area contributed by atoms with Crippen LogP contribution in [0.2, 0.25) is 0 Å². The van der Waals surface area contributed by atoms with Gasteiger partial charge in [-0.1, -0.05) is 21.3 Å². The number of nitrogens with one attached hydrogen (secondary N) is 2. The summed E-state index contributed by atoms with van der Waals surface area (Å²) in [7, 11) is 0. The number of aryl methyl sites for hydroxylation is 3. The number of rotatable bonds is 9. The van der Waals surface area contributed by atoms with E-state index in [-0.39, 0.29) is 58.1 Å². The van der Waals surface area contributed by atoms with E-state index < -0.39 is 56.1 Å². The van der Waals surface area contributed by atoms with Crippen molar-refractivity contribution in [2.45, 2.75) is 60.3 Å². The third-order valence-corrected chi connectivity index (χ3v) is 9.42. The van der Waals surface area contributed by atoms with Gasteiger partial charge in [-0.2, -0.15) is 25.1 Å². The number of halogens is 3. The molecule has 69 heavy (non-hydrogen) atoms. The Labute approximate surface area is 391 Å². The molecule has 1 unspecified atom stereocenters. The van der Waals surface area contributed by atoms with E-state index in [0.29, 0.717) is 17.3 Å². The molecule has 1 atom stereocenters. The normalized spacial score (nSPS) is 11.3. The Morgan fingerprint density at radius 2 is 1.25 bits per heavy atom. The fourth-order valence-corrected chi connectivity index (χ4v) is 5.83. The number of nitrogens with zero attached hydrogens (tertiary/aromatic N) is 8. The molecule has 22 heteroatoms. The molecular weight excluding hydrogens is 906 g/mol. The minimum absolute atomic E-state index is 0. The summed E-state index contributed by atoms with van der Waals surface area (Å²) in [5.41, 5.74) is 0.805. The molecule has 2 N–H and O–H groups in total. The summed E-state index contributed by atoms with van der Waals surface area (Å²) in [6.45, 7) is 23.0. The Balaban J connectivity index is 0.000000285. The van der Waals surface area contributed by atoms with Crippen molar-refractivity contribution >= 4 is 22.7 Å². The van der Waals surface area contributed by atoms with Crippen LogP contribution < -0.4 is 20.6 Å². The van der Waals surface area contributed by atoms with E-state index in [0.717, 1.165) is 55.2 Å². The van der Waals surface area contributed by atoms with E-state index in [1.165, 1.54) is 49.2 Å². The first-order valence-electron chi connectivity index (χ1n) is 19.9.